The van der Waals surface area contributed by atoms with Crippen LogP contribution >= 0.6 is 0 Å². The van der Waals surface area contributed by atoms with Crippen LogP contribution in [0.4, 0.5) is 0 Å². The topological polar surface area (TPSA) is 34.1 Å². The normalized spacial score (nSPS) is 10.1. The molecule has 0 spiro atoms. The Morgan fingerprint density at radius 1 is 0.875 bits per heavy atom. The minimum Gasteiger partial charge on any atom is -0.303 e. The molecule has 16 heavy (non-hydrogen) atoms. The molecule has 0 aromatic heterocycles. The molecule has 0 aliphatic carbocycles. The lowest BCUT2D eigenvalue weighted by Crippen LogP contribution is -1.66. The number of carbonyl (C=O) groups is 2. The molecule has 0 saturated heterocycles. The highest BCUT2D eigenvalue weighted by atomic mass is 16.1. The minimum absolute atomic E-state index is 0.569. The second-order valence-corrected chi connectivity index (χ2v) is 3.37. The van der Waals surface area contributed by atoms with Gasteiger partial charge in [-0.25, -0.2) is 0 Å². The Kier molecular flexibility index (Phi) is 20.9. The third kappa shape index (κ3) is 23.0. The van der Waals surface area contributed by atoms with E-state index in [0.717, 1.165) is 31.8 Å². The van der Waals surface area contributed by atoms with Crippen molar-refractivity contribution in [3.05, 3.63) is 24.3 Å². The molecule has 0 bridgehead atoms. The molecular formula is C14H24O2. The molecule has 0 aliphatic rings. The number of rotatable bonds is 8. The van der Waals surface area contributed by atoms with Gasteiger partial charge in [0.2, 0.25) is 0 Å². The van der Waals surface area contributed by atoms with Crippen LogP contribution in [-0.2, 0) is 9.59 Å². The van der Waals surface area contributed by atoms with Crippen molar-refractivity contribution in [2.45, 2.75) is 52.4 Å². The summed E-state index contributed by atoms with van der Waals surface area (Å²) < 4.78 is 0. The summed E-state index contributed by atoms with van der Waals surface area (Å²) in [7, 11) is 0. The monoisotopic (exact) mass is 224 g/mol. The Bertz CT molecular complexity index is 193. The molecule has 0 atom stereocenters. The Hall–Kier alpha value is -1.18. The number of allylic oxidation sites excluding steroid dienone is 4. The number of hydrogen-bond donors (Lipinski definition) is 0. The summed E-state index contributed by atoms with van der Waals surface area (Å²) in [6.45, 7) is 4.25. The summed E-state index contributed by atoms with van der Waals surface area (Å²) in [4.78, 5) is 19.4. The number of carbonyl (C=O) groups excluding carboxylic acids is 2. The summed E-state index contributed by atoms with van der Waals surface area (Å²) in [5.41, 5.74) is 0. The van der Waals surface area contributed by atoms with E-state index >= 15 is 0 Å². The van der Waals surface area contributed by atoms with E-state index < -0.39 is 0 Å². The molecule has 0 fully saturated rings. The molecule has 0 unspecified atom stereocenters. The van der Waals surface area contributed by atoms with Gasteiger partial charge in [0.1, 0.15) is 12.6 Å². The Labute approximate surface area is 99.4 Å². The predicted octanol–water partition coefficient (Wildman–Crippen LogP) is 3.86. The van der Waals surface area contributed by atoms with Crippen molar-refractivity contribution in [2.75, 3.05) is 0 Å². The van der Waals surface area contributed by atoms with Gasteiger partial charge in [-0.05, 0) is 18.9 Å². The maximum absolute atomic E-state index is 9.72. The average Bonchev–Trinajstić information content (AvgIpc) is 2.31. The van der Waals surface area contributed by atoms with Gasteiger partial charge in [-0.3, -0.25) is 4.79 Å². The second-order valence-electron chi connectivity index (χ2n) is 3.37. The minimum atomic E-state index is 0.569. The fourth-order valence-corrected chi connectivity index (χ4v) is 0.910. The first-order chi connectivity index (χ1) is 7.83. The van der Waals surface area contributed by atoms with E-state index in [1.165, 1.54) is 12.8 Å². The van der Waals surface area contributed by atoms with Crippen molar-refractivity contribution in [3.8, 4) is 0 Å². The lowest BCUT2D eigenvalue weighted by Gasteiger charge is -1.83. The fourth-order valence-electron chi connectivity index (χ4n) is 0.910. The van der Waals surface area contributed by atoms with Crippen molar-refractivity contribution in [3.63, 3.8) is 0 Å². The van der Waals surface area contributed by atoms with Crippen LogP contribution < -0.4 is 0 Å². The van der Waals surface area contributed by atoms with Gasteiger partial charge < -0.3 is 4.79 Å². The predicted molar refractivity (Wildman–Crippen MR) is 69.5 cm³/mol. The third-order valence-electron chi connectivity index (χ3n) is 1.79. The van der Waals surface area contributed by atoms with Crippen LogP contribution in [0.2, 0.25) is 0 Å². The van der Waals surface area contributed by atoms with E-state index in [4.69, 9.17) is 0 Å². The van der Waals surface area contributed by atoms with E-state index in [0.29, 0.717) is 6.42 Å². The zero-order valence-corrected chi connectivity index (χ0v) is 10.5. The van der Waals surface area contributed by atoms with Gasteiger partial charge in [-0.1, -0.05) is 51.3 Å². The van der Waals surface area contributed by atoms with Crippen molar-refractivity contribution < 1.29 is 9.59 Å². The highest BCUT2D eigenvalue weighted by molar-refractivity contribution is 5.64. The van der Waals surface area contributed by atoms with Crippen LogP contribution in [0.25, 0.3) is 0 Å². The van der Waals surface area contributed by atoms with Crippen molar-refractivity contribution in [1.29, 1.82) is 0 Å². The molecule has 2 nitrogen and oxygen atoms in total. The molecule has 0 aromatic carbocycles. The Balaban J connectivity index is 0. The van der Waals surface area contributed by atoms with Gasteiger partial charge in [0.05, 0.1) is 0 Å². The molecule has 92 valence electrons. The van der Waals surface area contributed by atoms with E-state index in [1.807, 2.05) is 18.2 Å². The molecule has 0 radical (unpaired) electrons. The Morgan fingerprint density at radius 2 is 1.62 bits per heavy atom. The molecule has 0 heterocycles. The average molecular weight is 224 g/mol. The molecule has 0 aliphatic heterocycles. The van der Waals surface area contributed by atoms with E-state index in [9.17, 15) is 9.59 Å². The largest absolute Gasteiger partial charge is 0.303 e. The maximum Gasteiger partial charge on any atom is 0.142 e. The molecule has 2 heteroatoms. The summed E-state index contributed by atoms with van der Waals surface area (Å²) in [6.07, 6.45) is 15.4. The smallest absolute Gasteiger partial charge is 0.142 e. The number of aldehydes is 2. The van der Waals surface area contributed by atoms with Gasteiger partial charge >= 0.3 is 0 Å². The summed E-state index contributed by atoms with van der Waals surface area (Å²) in [6, 6.07) is 0. The molecule has 0 rings (SSSR count). The maximum atomic E-state index is 9.72. The standard InChI is InChI=1S/2C7H12O/c2*1-2-3-4-5-6-7-8/h5-7H,2-4H2,1H3;4-5,7H,2-3,6H2,1H3/b6-5+;5-4+. The van der Waals surface area contributed by atoms with Crippen molar-refractivity contribution >= 4 is 12.6 Å². The number of unbranched alkanes of at least 4 members (excludes halogenated alkanes) is 3. The summed E-state index contributed by atoms with van der Waals surface area (Å²) in [5.74, 6) is 0. The summed E-state index contributed by atoms with van der Waals surface area (Å²) in [5, 5.41) is 0. The lowest BCUT2D eigenvalue weighted by molar-refractivity contribution is -0.107. The van der Waals surface area contributed by atoms with Crippen LogP contribution in [0.3, 0.4) is 0 Å². The molecule has 0 amide bonds. The van der Waals surface area contributed by atoms with Gasteiger partial charge in [0.25, 0.3) is 0 Å². The first kappa shape index (κ1) is 17.2. The van der Waals surface area contributed by atoms with Crippen molar-refractivity contribution in [2.24, 2.45) is 0 Å². The van der Waals surface area contributed by atoms with E-state index in [-0.39, 0.29) is 0 Å². The molecule has 0 saturated carbocycles. The van der Waals surface area contributed by atoms with Gasteiger partial charge in [-0.2, -0.15) is 0 Å². The van der Waals surface area contributed by atoms with E-state index in [2.05, 4.69) is 13.8 Å². The highest BCUT2D eigenvalue weighted by Gasteiger charge is 1.74. The first-order valence-corrected chi connectivity index (χ1v) is 6.02. The third-order valence-corrected chi connectivity index (χ3v) is 1.79. The molecule has 0 N–H and O–H groups in total. The van der Waals surface area contributed by atoms with Crippen molar-refractivity contribution in [1.82, 2.24) is 0 Å². The van der Waals surface area contributed by atoms with Crippen LogP contribution in [0.1, 0.15) is 52.4 Å². The van der Waals surface area contributed by atoms with Gasteiger partial charge in [0.15, 0.2) is 0 Å². The quantitative estimate of drug-likeness (QED) is 0.271. The molecule has 0 aromatic rings. The van der Waals surface area contributed by atoms with Crippen LogP contribution in [0.15, 0.2) is 24.3 Å². The van der Waals surface area contributed by atoms with Crippen LogP contribution in [-0.4, -0.2) is 12.6 Å². The second kappa shape index (κ2) is 19.4. The summed E-state index contributed by atoms with van der Waals surface area (Å²) >= 11 is 0. The van der Waals surface area contributed by atoms with Crippen LogP contribution in [0, 0.1) is 0 Å². The Morgan fingerprint density at radius 3 is 2.12 bits per heavy atom. The zero-order chi connectivity index (χ0) is 12.5. The molecular weight excluding hydrogens is 200 g/mol. The highest BCUT2D eigenvalue weighted by Crippen LogP contribution is 1.93. The van der Waals surface area contributed by atoms with Crippen LogP contribution in [0.5, 0.6) is 0 Å². The first-order valence-electron chi connectivity index (χ1n) is 6.02. The lowest BCUT2D eigenvalue weighted by atomic mass is 10.2. The van der Waals surface area contributed by atoms with Gasteiger partial charge in [0, 0.05) is 6.42 Å². The van der Waals surface area contributed by atoms with E-state index in [1.54, 1.807) is 6.08 Å². The number of hydrogen-bond acceptors (Lipinski definition) is 2. The fraction of sp³-hybridized carbons (Fsp3) is 0.571. The van der Waals surface area contributed by atoms with Gasteiger partial charge in [-0.15, -0.1) is 0 Å². The zero-order valence-electron chi connectivity index (χ0n) is 10.5. The SMILES string of the molecule is CCC/C=C/CC=O.CCCC/C=C/C=O.